The van der Waals surface area contributed by atoms with Gasteiger partial charge in [-0.1, -0.05) is 6.07 Å². The third-order valence-corrected chi connectivity index (χ3v) is 2.21. The molecular weight excluding hydrogens is 180 g/mol. The lowest BCUT2D eigenvalue weighted by Gasteiger charge is -2.01. The molecule has 0 saturated heterocycles. The zero-order valence-corrected chi connectivity index (χ0v) is 7.60. The molecule has 0 fully saturated rings. The van der Waals surface area contributed by atoms with E-state index in [1.54, 1.807) is 24.5 Å². The molecule has 0 unspecified atom stereocenters. The number of hydrogen-bond donors (Lipinski definition) is 0. The number of non-ortho nitro benzene ring substituents is 1. The molecule has 0 atom stereocenters. The van der Waals surface area contributed by atoms with Gasteiger partial charge >= 0.3 is 0 Å². The highest BCUT2D eigenvalue weighted by molar-refractivity contribution is 5.92. The topological polar surface area (TPSA) is 56.0 Å². The first-order valence-electron chi connectivity index (χ1n) is 4.18. The predicted molar refractivity (Wildman–Crippen MR) is 53.1 cm³/mol. The van der Waals surface area contributed by atoms with Gasteiger partial charge in [-0.25, -0.2) is 0 Å². The maximum Gasteiger partial charge on any atom is 0.277 e. The van der Waals surface area contributed by atoms with Crippen LogP contribution >= 0.6 is 0 Å². The van der Waals surface area contributed by atoms with Crippen LogP contribution in [0.5, 0.6) is 0 Å². The zero-order chi connectivity index (χ0) is 10.1. The van der Waals surface area contributed by atoms with Crippen LogP contribution in [0.25, 0.3) is 10.8 Å². The first kappa shape index (κ1) is 8.62. The summed E-state index contributed by atoms with van der Waals surface area (Å²) >= 11 is 0. The monoisotopic (exact) mass is 188 g/mol. The van der Waals surface area contributed by atoms with Gasteiger partial charge in [0.25, 0.3) is 5.69 Å². The summed E-state index contributed by atoms with van der Waals surface area (Å²) in [4.78, 5) is 14.3. The van der Waals surface area contributed by atoms with Crippen molar-refractivity contribution in [2.75, 3.05) is 0 Å². The maximum absolute atomic E-state index is 10.7. The minimum absolute atomic E-state index is 0.132. The van der Waals surface area contributed by atoms with Crippen molar-refractivity contribution in [3.8, 4) is 0 Å². The average Bonchev–Trinajstić information content (AvgIpc) is 2.18. The van der Waals surface area contributed by atoms with Crippen molar-refractivity contribution in [1.82, 2.24) is 4.98 Å². The third-order valence-electron chi connectivity index (χ3n) is 2.21. The molecule has 1 heterocycles. The molecule has 0 saturated carbocycles. The molecule has 4 heteroatoms. The van der Waals surface area contributed by atoms with Crippen molar-refractivity contribution in [2.45, 2.75) is 6.92 Å². The van der Waals surface area contributed by atoms with E-state index in [-0.39, 0.29) is 10.6 Å². The summed E-state index contributed by atoms with van der Waals surface area (Å²) in [5.74, 6) is 0. The summed E-state index contributed by atoms with van der Waals surface area (Å²) in [7, 11) is 0. The van der Waals surface area contributed by atoms with Crippen LogP contribution in [0.15, 0.2) is 30.6 Å². The Kier molecular flexibility index (Phi) is 1.89. The molecule has 0 spiro atoms. The van der Waals surface area contributed by atoms with E-state index in [0.29, 0.717) is 5.39 Å². The number of rotatable bonds is 1. The Morgan fingerprint density at radius 3 is 2.79 bits per heavy atom. The second-order valence-corrected chi connectivity index (χ2v) is 3.08. The fourth-order valence-corrected chi connectivity index (χ4v) is 1.47. The number of aryl methyl sites for hydroxylation is 1. The summed E-state index contributed by atoms with van der Waals surface area (Å²) in [6, 6.07) is 4.93. The van der Waals surface area contributed by atoms with E-state index in [0.717, 1.165) is 10.9 Å². The van der Waals surface area contributed by atoms with Crippen LogP contribution in [0.3, 0.4) is 0 Å². The van der Waals surface area contributed by atoms with Crippen LogP contribution in [0, 0.1) is 17.0 Å². The fourth-order valence-electron chi connectivity index (χ4n) is 1.47. The lowest BCUT2D eigenvalue weighted by Crippen LogP contribution is -1.91. The molecule has 0 N–H and O–H groups in total. The maximum atomic E-state index is 10.7. The number of benzene rings is 1. The molecule has 2 rings (SSSR count). The molecule has 14 heavy (non-hydrogen) atoms. The molecule has 0 radical (unpaired) electrons. The average molecular weight is 188 g/mol. The Morgan fingerprint density at radius 2 is 2.07 bits per heavy atom. The van der Waals surface area contributed by atoms with Crippen molar-refractivity contribution in [2.24, 2.45) is 0 Å². The predicted octanol–water partition coefficient (Wildman–Crippen LogP) is 2.45. The highest BCUT2D eigenvalue weighted by Gasteiger charge is 2.11. The minimum atomic E-state index is -0.373. The molecule has 0 bridgehead atoms. The van der Waals surface area contributed by atoms with Crippen LogP contribution < -0.4 is 0 Å². The van der Waals surface area contributed by atoms with E-state index < -0.39 is 0 Å². The molecule has 70 valence electrons. The Bertz CT molecular complexity index is 508. The largest absolute Gasteiger partial charge is 0.277 e. The van der Waals surface area contributed by atoms with Gasteiger partial charge in [-0.2, -0.15) is 0 Å². The number of nitro groups is 1. The number of nitro benzene ring substituents is 1. The second kappa shape index (κ2) is 3.06. The number of hydrogen-bond acceptors (Lipinski definition) is 3. The number of fused-ring (bicyclic) bond motifs is 1. The Morgan fingerprint density at radius 1 is 1.29 bits per heavy atom. The van der Waals surface area contributed by atoms with E-state index in [2.05, 4.69) is 4.98 Å². The van der Waals surface area contributed by atoms with Crippen LogP contribution in [-0.2, 0) is 0 Å². The summed E-state index contributed by atoms with van der Waals surface area (Å²) < 4.78 is 0. The molecule has 0 amide bonds. The van der Waals surface area contributed by atoms with Crippen LogP contribution in [0.1, 0.15) is 5.56 Å². The fraction of sp³-hybridized carbons (Fsp3) is 0.100. The van der Waals surface area contributed by atoms with Crippen molar-refractivity contribution in [1.29, 1.82) is 0 Å². The van der Waals surface area contributed by atoms with Gasteiger partial charge in [-0.15, -0.1) is 0 Å². The van der Waals surface area contributed by atoms with Gasteiger partial charge in [0.2, 0.25) is 0 Å². The molecule has 0 aliphatic carbocycles. The van der Waals surface area contributed by atoms with Crippen LogP contribution in [0.2, 0.25) is 0 Å². The molecule has 1 aromatic carbocycles. The number of aromatic nitrogens is 1. The van der Waals surface area contributed by atoms with E-state index >= 15 is 0 Å². The van der Waals surface area contributed by atoms with E-state index in [4.69, 9.17) is 0 Å². The smallest absolute Gasteiger partial charge is 0.264 e. The van der Waals surface area contributed by atoms with Gasteiger partial charge in [0, 0.05) is 23.8 Å². The van der Waals surface area contributed by atoms with Gasteiger partial charge in [-0.3, -0.25) is 15.1 Å². The Balaban J connectivity index is 2.88. The number of nitrogens with zero attached hydrogens (tertiary/aromatic N) is 2. The van der Waals surface area contributed by atoms with Crippen molar-refractivity contribution < 1.29 is 4.92 Å². The van der Waals surface area contributed by atoms with E-state index in [9.17, 15) is 10.1 Å². The molecule has 4 nitrogen and oxygen atoms in total. The normalized spacial score (nSPS) is 10.4. The van der Waals surface area contributed by atoms with Crippen molar-refractivity contribution >= 4 is 16.5 Å². The van der Waals surface area contributed by atoms with Gasteiger partial charge in [0.15, 0.2) is 0 Å². The van der Waals surface area contributed by atoms with Crippen LogP contribution in [0.4, 0.5) is 5.69 Å². The van der Waals surface area contributed by atoms with Gasteiger partial charge in [0.1, 0.15) is 0 Å². The van der Waals surface area contributed by atoms with E-state index in [1.165, 1.54) is 6.07 Å². The van der Waals surface area contributed by atoms with Crippen LogP contribution in [-0.4, -0.2) is 9.91 Å². The van der Waals surface area contributed by atoms with Crippen molar-refractivity contribution in [3.63, 3.8) is 0 Å². The van der Waals surface area contributed by atoms with Gasteiger partial charge < -0.3 is 0 Å². The first-order chi connectivity index (χ1) is 6.70. The van der Waals surface area contributed by atoms with Gasteiger partial charge in [-0.05, 0) is 18.6 Å². The number of pyridine rings is 1. The molecular formula is C10H8N2O2. The lowest BCUT2D eigenvalue weighted by molar-refractivity contribution is -0.383. The first-order valence-corrected chi connectivity index (χ1v) is 4.18. The summed E-state index contributed by atoms with van der Waals surface area (Å²) in [6.07, 6.45) is 3.21. The Hall–Kier alpha value is -1.97. The molecule has 2 aromatic rings. The third kappa shape index (κ3) is 1.21. The SMILES string of the molecule is Cc1ccc([N+](=O)[O-])c2ccncc12. The molecule has 0 aliphatic heterocycles. The van der Waals surface area contributed by atoms with Gasteiger partial charge in [0.05, 0.1) is 10.3 Å². The Labute approximate surface area is 80.4 Å². The molecule has 1 aromatic heterocycles. The standard InChI is InChI=1S/C10H8N2O2/c1-7-2-3-10(12(13)14)8-4-5-11-6-9(7)8/h2-6H,1H3. The minimum Gasteiger partial charge on any atom is -0.264 e. The summed E-state index contributed by atoms with van der Waals surface area (Å²) in [5.41, 5.74) is 1.13. The highest BCUT2D eigenvalue weighted by Crippen LogP contribution is 2.26. The second-order valence-electron chi connectivity index (χ2n) is 3.08. The lowest BCUT2D eigenvalue weighted by atomic mass is 10.1. The zero-order valence-electron chi connectivity index (χ0n) is 7.60. The quantitative estimate of drug-likeness (QED) is 0.510. The van der Waals surface area contributed by atoms with E-state index in [1.807, 2.05) is 6.92 Å². The van der Waals surface area contributed by atoms with Crippen molar-refractivity contribution in [3.05, 3.63) is 46.3 Å². The highest BCUT2D eigenvalue weighted by atomic mass is 16.6. The summed E-state index contributed by atoms with van der Waals surface area (Å²) in [5, 5.41) is 12.2. The molecule has 0 aliphatic rings. The summed E-state index contributed by atoms with van der Waals surface area (Å²) in [6.45, 7) is 1.91.